The van der Waals surface area contributed by atoms with E-state index in [2.05, 4.69) is 5.32 Å². The van der Waals surface area contributed by atoms with Crippen molar-refractivity contribution in [2.75, 3.05) is 26.3 Å². The van der Waals surface area contributed by atoms with Crippen LogP contribution < -0.4 is 10.2 Å². The van der Waals surface area contributed by atoms with E-state index in [0.29, 0.717) is 31.9 Å². The average Bonchev–Trinajstić information content (AvgIpc) is 3.15. The van der Waals surface area contributed by atoms with Crippen molar-refractivity contribution in [2.45, 2.75) is 13.1 Å². The lowest BCUT2D eigenvalue weighted by Gasteiger charge is -2.30. The molecular formula is C18H21N2O4+. The van der Waals surface area contributed by atoms with Gasteiger partial charge >= 0.3 is 0 Å². The molecule has 0 spiro atoms. The maximum absolute atomic E-state index is 13.0. The van der Waals surface area contributed by atoms with E-state index in [1.165, 1.54) is 6.26 Å². The topological polar surface area (TPSA) is 73.0 Å². The second-order valence-corrected chi connectivity index (χ2v) is 5.88. The number of ether oxygens (including phenoxy) is 1. The standard InChI is InChI=1S/C18H20N2O4/c1-13-4-6-14(7-5-13)16(21)17(20-8-11-23-12-9-20)19-18(22)15-3-2-10-24-15/h2-7,10,17H,8-9,11-12H2,1H3,(H,19,22)/p+1/t17-/m0/s1. The van der Waals surface area contributed by atoms with Gasteiger partial charge in [-0.2, -0.15) is 0 Å². The van der Waals surface area contributed by atoms with E-state index < -0.39 is 6.17 Å². The molecular weight excluding hydrogens is 308 g/mol. The van der Waals surface area contributed by atoms with Gasteiger partial charge in [-0.3, -0.25) is 14.9 Å². The maximum Gasteiger partial charge on any atom is 0.291 e. The molecule has 126 valence electrons. The van der Waals surface area contributed by atoms with Crippen LogP contribution in [0.1, 0.15) is 26.5 Å². The highest BCUT2D eigenvalue weighted by molar-refractivity contribution is 6.02. The van der Waals surface area contributed by atoms with E-state index in [0.717, 1.165) is 10.5 Å². The number of quaternary nitrogens is 1. The van der Waals surface area contributed by atoms with Gasteiger partial charge in [-0.15, -0.1) is 0 Å². The highest BCUT2D eigenvalue weighted by Gasteiger charge is 2.34. The van der Waals surface area contributed by atoms with E-state index in [1.54, 1.807) is 24.3 Å². The fourth-order valence-electron chi connectivity index (χ4n) is 2.77. The zero-order valence-electron chi connectivity index (χ0n) is 13.6. The summed E-state index contributed by atoms with van der Waals surface area (Å²) >= 11 is 0. The zero-order valence-corrected chi connectivity index (χ0v) is 13.6. The van der Waals surface area contributed by atoms with Crippen molar-refractivity contribution >= 4 is 11.7 Å². The van der Waals surface area contributed by atoms with Gasteiger partial charge in [-0.1, -0.05) is 29.8 Å². The van der Waals surface area contributed by atoms with Crippen LogP contribution in [0.15, 0.2) is 47.1 Å². The summed E-state index contributed by atoms with van der Waals surface area (Å²) in [6.45, 7) is 4.45. The molecule has 2 heterocycles. The third-order valence-electron chi connectivity index (χ3n) is 4.16. The van der Waals surface area contributed by atoms with Gasteiger partial charge in [-0.05, 0) is 19.1 Å². The maximum atomic E-state index is 13.0. The smallest absolute Gasteiger partial charge is 0.291 e. The fraction of sp³-hybridized carbons (Fsp3) is 0.333. The van der Waals surface area contributed by atoms with Gasteiger partial charge in [0.2, 0.25) is 11.9 Å². The molecule has 1 saturated heterocycles. The van der Waals surface area contributed by atoms with Crippen LogP contribution in [0.25, 0.3) is 0 Å². The van der Waals surface area contributed by atoms with Gasteiger partial charge in [0.05, 0.1) is 19.5 Å². The van der Waals surface area contributed by atoms with Gasteiger partial charge in [0.25, 0.3) is 5.91 Å². The van der Waals surface area contributed by atoms with Crippen LogP contribution in [-0.2, 0) is 4.74 Å². The number of rotatable bonds is 5. The number of benzene rings is 1. The van der Waals surface area contributed by atoms with E-state index in [-0.39, 0.29) is 17.5 Å². The van der Waals surface area contributed by atoms with Crippen molar-refractivity contribution in [3.8, 4) is 0 Å². The van der Waals surface area contributed by atoms with Gasteiger partial charge in [0, 0.05) is 5.56 Å². The summed E-state index contributed by atoms with van der Waals surface area (Å²) in [7, 11) is 0. The van der Waals surface area contributed by atoms with Gasteiger partial charge in [0.1, 0.15) is 13.1 Å². The molecule has 0 aliphatic carbocycles. The summed E-state index contributed by atoms with van der Waals surface area (Å²) in [5, 5.41) is 2.83. The second-order valence-electron chi connectivity index (χ2n) is 5.88. The Hall–Kier alpha value is -2.44. The first kappa shape index (κ1) is 16.4. The molecule has 6 nitrogen and oxygen atoms in total. The zero-order chi connectivity index (χ0) is 16.9. The van der Waals surface area contributed by atoms with Gasteiger partial charge in [-0.25, -0.2) is 0 Å². The first-order chi connectivity index (χ1) is 11.6. The normalized spacial score (nSPS) is 16.5. The summed E-state index contributed by atoms with van der Waals surface area (Å²) in [6.07, 6.45) is 0.780. The third-order valence-corrected chi connectivity index (χ3v) is 4.16. The van der Waals surface area contributed by atoms with E-state index >= 15 is 0 Å². The summed E-state index contributed by atoms with van der Waals surface area (Å²) in [5.74, 6) is -0.291. The molecule has 1 fully saturated rings. The van der Waals surface area contributed by atoms with Crippen LogP contribution in [0.4, 0.5) is 0 Å². The second kappa shape index (κ2) is 7.42. The summed E-state index contributed by atoms with van der Waals surface area (Å²) < 4.78 is 10.5. The number of hydrogen-bond donors (Lipinski definition) is 2. The Kier molecular flexibility index (Phi) is 5.08. The summed E-state index contributed by atoms with van der Waals surface area (Å²) in [6, 6.07) is 10.6. The van der Waals surface area contributed by atoms with Crippen LogP contribution in [0.3, 0.4) is 0 Å². The predicted molar refractivity (Wildman–Crippen MR) is 87.0 cm³/mol. The highest BCUT2D eigenvalue weighted by atomic mass is 16.5. The minimum Gasteiger partial charge on any atom is -0.459 e. The number of ketones is 1. The average molecular weight is 329 g/mol. The van der Waals surface area contributed by atoms with Crippen LogP contribution in [0, 0.1) is 6.92 Å². The molecule has 1 aliphatic heterocycles. The van der Waals surface area contributed by atoms with Crippen molar-refractivity contribution in [2.24, 2.45) is 0 Å². The third kappa shape index (κ3) is 3.72. The molecule has 1 aromatic carbocycles. The SMILES string of the molecule is Cc1ccc(C(=O)[C@@H](NC(=O)c2ccco2)[NH+]2CCOCC2)cc1. The Morgan fingerprint density at radius 3 is 2.46 bits per heavy atom. The number of carbonyl (C=O) groups is 2. The molecule has 1 amide bonds. The molecule has 1 aromatic heterocycles. The molecule has 0 saturated carbocycles. The minimum atomic E-state index is -0.658. The predicted octanol–water partition coefficient (Wildman–Crippen LogP) is 0.442. The number of aryl methyl sites for hydroxylation is 1. The number of Topliss-reactive ketones (excluding diaryl/α,β-unsaturated/α-hetero) is 1. The van der Waals surface area contributed by atoms with Crippen molar-refractivity contribution in [1.82, 2.24) is 5.32 Å². The van der Waals surface area contributed by atoms with Crippen LogP contribution in [0.5, 0.6) is 0 Å². The Bertz CT molecular complexity index is 688. The lowest BCUT2D eigenvalue weighted by molar-refractivity contribution is -0.925. The molecule has 2 N–H and O–H groups in total. The van der Waals surface area contributed by atoms with E-state index in [4.69, 9.17) is 9.15 Å². The Balaban J connectivity index is 1.82. The first-order valence-corrected chi connectivity index (χ1v) is 8.03. The lowest BCUT2D eigenvalue weighted by atomic mass is 10.1. The van der Waals surface area contributed by atoms with Crippen LogP contribution in [0.2, 0.25) is 0 Å². The number of amides is 1. The van der Waals surface area contributed by atoms with Crippen LogP contribution >= 0.6 is 0 Å². The molecule has 1 aliphatic rings. The largest absolute Gasteiger partial charge is 0.459 e. The molecule has 6 heteroatoms. The molecule has 1 atom stereocenters. The quantitative estimate of drug-likeness (QED) is 0.781. The lowest BCUT2D eigenvalue weighted by Crippen LogP contribution is -3.20. The van der Waals surface area contributed by atoms with Gasteiger partial charge < -0.3 is 14.1 Å². The Morgan fingerprint density at radius 1 is 1.12 bits per heavy atom. The van der Waals surface area contributed by atoms with Crippen molar-refractivity contribution < 1.29 is 23.6 Å². The number of morpholine rings is 1. The monoisotopic (exact) mass is 329 g/mol. The fourth-order valence-corrected chi connectivity index (χ4v) is 2.77. The van der Waals surface area contributed by atoms with Gasteiger partial charge in [0.15, 0.2) is 5.76 Å². The number of nitrogens with one attached hydrogen (secondary N) is 2. The Labute approximate surface area is 140 Å². The minimum absolute atomic E-state index is 0.105. The van der Waals surface area contributed by atoms with Crippen molar-refractivity contribution in [1.29, 1.82) is 0 Å². The number of hydrogen-bond acceptors (Lipinski definition) is 4. The number of carbonyl (C=O) groups excluding carboxylic acids is 2. The van der Waals surface area contributed by atoms with E-state index in [1.807, 2.05) is 19.1 Å². The summed E-state index contributed by atoms with van der Waals surface area (Å²) in [4.78, 5) is 26.3. The molecule has 0 bridgehead atoms. The van der Waals surface area contributed by atoms with Crippen molar-refractivity contribution in [3.05, 3.63) is 59.5 Å². The summed E-state index contributed by atoms with van der Waals surface area (Å²) in [5.41, 5.74) is 1.67. The Morgan fingerprint density at radius 2 is 1.83 bits per heavy atom. The highest BCUT2D eigenvalue weighted by Crippen LogP contribution is 2.06. The molecule has 24 heavy (non-hydrogen) atoms. The molecule has 0 unspecified atom stereocenters. The molecule has 3 rings (SSSR count). The van der Waals surface area contributed by atoms with E-state index in [9.17, 15) is 9.59 Å². The first-order valence-electron chi connectivity index (χ1n) is 8.03. The number of furan rings is 1. The van der Waals surface area contributed by atoms with Crippen LogP contribution in [-0.4, -0.2) is 44.2 Å². The van der Waals surface area contributed by atoms with Crippen molar-refractivity contribution in [3.63, 3.8) is 0 Å². The molecule has 0 radical (unpaired) electrons. The molecule has 2 aromatic rings.